The highest BCUT2D eigenvalue weighted by atomic mass is 16.5. The van der Waals surface area contributed by atoms with Gasteiger partial charge in [0.2, 0.25) is 0 Å². The number of nitrogens with zero attached hydrogens (tertiary/aromatic N) is 1. The van der Waals surface area contributed by atoms with E-state index in [1.54, 1.807) is 7.05 Å². The van der Waals surface area contributed by atoms with Crippen molar-refractivity contribution in [2.24, 2.45) is 10.9 Å². The molecule has 0 aliphatic heterocycles. The van der Waals surface area contributed by atoms with E-state index in [1.807, 2.05) is 12.1 Å². The summed E-state index contributed by atoms with van der Waals surface area (Å²) in [5.74, 6) is 2.62. The zero-order valence-electron chi connectivity index (χ0n) is 11.8. The first-order valence-corrected chi connectivity index (χ1v) is 6.92. The number of aliphatic imine (C=N–C) groups is 1. The van der Waals surface area contributed by atoms with Gasteiger partial charge in [0.15, 0.2) is 5.96 Å². The van der Waals surface area contributed by atoms with Crippen LogP contribution in [-0.2, 0) is 0 Å². The second-order valence-corrected chi connectivity index (χ2v) is 4.98. The van der Waals surface area contributed by atoms with Crippen molar-refractivity contribution in [3.8, 4) is 5.75 Å². The summed E-state index contributed by atoms with van der Waals surface area (Å²) in [7, 11) is 1.79. The fraction of sp³-hybridized carbons (Fsp3) is 0.533. The van der Waals surface area contributed by atoms with Gasteiger partial charge in [-0.15, -0.1) is 0 Å². The third kappa shape index (κ3) is 5.20. The van der Waals surface area contributed by atoms with Crippen LogP contribution in [0, 0.1) is 12.8 Å². The predicted molar refractivity (Wildman–Crippen MR) is 78.8 cm³/mol. The molecule has 0 aromatic heterocycles. The second-order valence-electron chi connectivity index (χ2n) is 4.98. The Kier molecular flexibility index (Phi) is 5.07. The van der Waals surface area contributed by atoms with Gasteiger partial charge in [-0.3, -0.25) is 4.99 Å². The highest BCUT2D eigenvalue weighted by Gasteiger charge is 2.20. The molecule has 19 heavy (non-hydrogen) atoms. The summed E-state index contributed by atoms with van der Waals surface area (Å²) in [5.41, 5.74) is 1.25. The summed E-state index contributed by atoms with van der Waals surface area (Å²) < 4.78 is 5.65. The van der Waals surface area contributed by atoms with Gasteiger partial charge in [-0.2, -0.15) is 0 Å². The van der Waals surface area contributed by atoms with Crippen molar-refractivity contribution in [2.75, 3.05) is 26.7 Å². The summed E-state index contributed by atoms with van der Waals surface area (Å²) >= 11 is 0. The van der Waals surface area contributed by atoms with E-state index in [4.69, 9.17) is 4.74 Å². The van der Waals surface area contributed by atoms with Crippen LogP contribution in [-0.4, -0.2) is 32.7 Å². The van der Waals surface area contributed by atoms with Crippen LogP contribution in [0.5, 0.6) is 5.75 Å². The van der Waals surface area contributed by atoms with Crippen molar-refractivity contribution >= 4 is 5.96 Å². The molecule has 4 heteroatoms. The molecule has 2 rings (SSSR count). The molecule has 0 amide bonds. The monoisotopic (exact) mass is 261 g/mol. The Morgan fingerprint density at radius 3 is 2.63 bits per heavy atom. The normalized spacial score (nSPS) is 15.2. The Bertz CT molecular complexity index is 410. The fourth-order valence-electron chi connectivity index (χ4n) is 1.76. The quantitative estimate of drug-likeness (QED) is 0.467. The first-order valence-electron chi connectivity index (χ1n) is 6.92. The Labute approximate surface area is 115 Å². The molecule has 104 valence electrons. The molecular weight excluding hydrogens is 238 g/mol. The molecule has 1 aromatic carbocycles. The molecule has 0 saturated heterocycles. The summed E-state index contributed by atoms with van der Waals surface area (Å²) in [6.45, 7) is 4.48. The minimum absolute atomic E-state index is 0.632. The van der Waals surface area contributed by atoms with Gasteiger partial charge in [-0.1, -0.05) is 17.7 Å². The standard InChI is InChI=1S/C15H23N3O/c1-12-3-7-14(8-4-12)19-10-9-17-15(16-2)18-11-13-5-6-13/h3-4,7-8,13H,5-6,9-11H2,1-2H3,(H2,16,17,18). The maximum absolute atomic E-state index is 5.65. The van der Waals surface area contributed by atoms with Crippen LogP contribution >= 0.6 is 0 Å². The summed E-state index contributed by atoms with van der Waals surface area (Å²) in [6, 6.07) is 8.10. The van der Waals surface area contributed by atoms with Gasteiger partial charge in [0.05, 0.1) is 6.54 Å². The van der Waals surface area contributed by atoms with Crippen LogP contribution in [0.25, 0.3) is 0 Å². The third-order valence-electron chi connectivity index (χ3n) is 3.16. The molecule has 1 aromatic rings. The molecule has 1 saturated carbocycles. The van der Waals surface area contributed by atoms with E-state index in [1.165, 1.54) is 18.4 Å². The van der Waals surface area contributed by atoms with Crippen LogP contribution in [0.15, 0.2) is 29.3 Å². The van der Waals surface area contributed by atoms with Crippen LogP contribution in [0.4, 0.5) is 0 Å². The number of hydrogen-bond donors (Lipinski definition) is 2. The maximum atomic E-state index is 5.65. The van der Waals surface area contributed by atoms with E-state index in [0.29, 0.717) is 6.61 Å². The number of hydrogen-bond acceptors (Lipinski definition) is 2. The van der Waals surface area contributed by atoms with E-state index in [-0.39, 0.29) is 0 Å². The second kappa shape index (κ2) is 7.02. The van der Waals surface area contributed by atoms with E-state index in [9.17, 15) is 0 Å². The molecule has 1 aliphatic carbocycles. The SMILES string of the molecule is CN=C(NCCOc1ccc(C)cc1)NCC1CC1. The summed E-state index contributed by atoms with van der Waals surface area (Å²) in [6.07, 6.45) is 2.70. The van der Waals surface area contributed by atoms with Crippen molar-refractivity contribution in [3.05, 3.63) is 29.8 Å². The highest BCUT2D eigenvalue weighted by molar-refractivity contribution is 5.79. The molecule has 1 fully saturated rings. The largest absolute Gasteiger partial charge is 0.492 e. The maximum Gasteiger partial charge on any atom is 0.191 e. The highest BCUT2D eigenvalue weighted by Crippen LogP contribution is 2.27. The van der Waals surface area contributed by atoms with Gasteiger partial charge in [0.25, 0.3) is 0 Å². The van der Waals surface area contributed by atoms with Gasteiger partial charge < -0.3 is 15.4 Å². The lowest BCUT2D eigenvalue weighted by Crippen LogP contribution is -2.40. The zero-order valence-corrected chi connectivity index (χ0v) is 11.8. The molecule has 0 bridgehead atoms. The Morgan fingerprint density at radius 2 is 2.00 bits per heavy atom. The van der Waals surface area contributed by atoms with Crippen molar-refractivity contribution in [2.45, 2.75) is 19.8 Å². The summed E-state index contributed by atoms with van der Waals surface area (Å²) in [5, 5.41) is 6.57. The molecule has 0 radical (unpaired) electrons. The minimum Gasteiger partial charge on any atom is -0.492 e. The topological polar surface area (TPSA) is 45.7 Å². The first kappa shape index (κ1) is 13.7. The zero-order chi connectivity index (χ0) is 13.5. The molecule has 0 spiro atoms. The molecule has 0 heterocycles. The van der Waals surface area contributed by atoms with Crippen LogP contribution < -0.4 is 15.4 Å². The van der Waals surface area contributed by atoms with Crippen LogP contribution in [0.3, 0.4) is 0 Å². The van der Waals surface area contributed by atoms with Crippen molar-refractivity contribution < 1.29 is 4.74 Å². The molecule has 2 N–H and O–H groups in total. The number of benzene rings is 1. The number of rotatable bonds is 6. The fourth-order valence-corrected chi connectivity index (χ4v) is 1.76. The van der Waals surface area contributed by atoms with E-state index in [0.717, 1.165) is 30.7 Å². The van der Waals surface area contributed by atoms with Crippen molar-refractivity contribution in [1.29, 1.82) is 0 Å². The van der Waals surface area contributed by atoms with Crippen molar-refractivity contribution in [3.63, 3.8) is 0 Å². The van der Waals surface area contributed by atoms with E-state index in [2.05, 4.69) is 34.7 Å². The smallest absolute Gasteiger partial charge is 0.191 e. The van der Waals surface area contributed by atoms with Crippen LogP contribution in [0.1, 0.15) is 18.4 Å². The number of ether oxygens (including phenoxy) is 1. The Morgan fingerprint density at radius 1 is 1.26 bits per heavy atom. The van der Waals surface area contributed by atoms with Crippen LogP contribution in [0.2, 0.25) is 0 Å². The number of aryl methyl sites for hydroxylation is 1. The van der Waals surface area contributed by atoms with E-state index < -0.39 is 0 Å². The van der Waals surface area contributed by atoms with Gasteiger partial charge in [0, 0.05) is 13.6 Å². The van der Waals surface area contributed by atoms with Gasteiger partial charge in [-0.25, -0.2) is 0 Å². The van der Waals surface area contributed by atoms with Gasteiger partial charge in [0.1, 0.15) is 12.4 Å². The lowest BCUT2D eigenvalue weighted by Gasteiger charge is -2.12. The molecule has 0 unspecified atom stereocenters. The molecule has 4 nitrogen and oxygen atoms in total. The van der Waals surface area contributed by atoms with E-state index >= 15 is 0 Å². The van der Waals surface area contributed by atoms with Crippen molar-refractivity contribution in [1.82, 2.24) is 10.6 Å². The molecular formula is C15H23N3O. The number of guanidine groups is 1. The third-order valence-corrected chi connectivity index (χ3v) is 3.16. The average Bonchev–Trinajstić information content (AvgIpc) is 3.24. The lowest BCUT2D eigenvalue weighted by atomic mass is 10.2. The summed E-state index contributed by atoms with van der Waals surface area (Å²) in [4.78, 5) is 4.18. The minimum atomic E-state index is 0.632. The average molecular weight is 261 g/mol. The Balaban J connectivity index is 1.60. The molecule has 0 atom stereocenters. The molecule has 1 aliphatic rings. The van der Waals surface area contributed by atoms with Gasteiger partial charge >= 0.3 is 0 Å². The first-order chi connectivity index (χ1) is 9.28. The lowest BCUT2D eigenvalue weighted by molar-refractivity contribution is 0.322. The number of nitrogens with one attached hydrogen (secondary N) is 2. The van der Waals surface area contributed by atoms with Gasteiger partial charge in [-0.05, 0) is 37.8 Å². The Hall–Kier alpha value is -1.71. The predicted octanol–water partition coefficient (Wildman–Crippen LogP) is 1.95.